The lowest BCUT2D eigenvalue weighted by atomic mass is 10.0. The van der Waals surface area contributed by atoms with E-state index in [2.05, 4.69) is 5.32 Å². The molecule has 3 N–H and O–H groups in total. The van der Waals surface area contributed by atoms with Gasteiger partial charge in [-0.25, -0.2) is 4.39 Å². The maximum Gasteiger partial charge on any atom is 0.261 e. The highest BCUT2D eigenvalue weighted by atomic mass is 35.5. The summed E-state index contributed by atoms with van der Waals surface area (Å²) in [6.45, 7) is 2.21. The Hall–Kier alpha value is -1.33. The van der Waals surface area contributed by atoms with Gasteiger partial charge in [-0.1, -0.05) is 18.0 Å². The highest BCUT2D eigenvalue weighted by Crippen LogP contribution is 2.27. The van der Waals surface area contributed by atoms with E-state index in [1.54, 1.807) is 6.92 Å². The Morgan fingerprint density at radius 2 is 2.33 bits per heavy atom. The first kappa shape index (κ1) is 16.0. The highest BCUT2D eigenvalue weighted by Gasteiger charge is 2.29. The number of halogens is 2. The van der Waals surface area contributed by atoms with Crippen molar-refractivity contribution >= 4 is 17.5 Å². The standard InChI is InChI=1S/C15H20ClFN2O2/c1-9(21-14-6-5-11(17)7-12(14)16)15(20)19-13-4-2-3-10(13)8-18/h5-7,9-10,13H,2-4,8,18H2,1H3,(H,19,20). The molecule has 0 bridgehead atoms. The van der Waals surface area contributed by atoms with E-state index in [1.165, 1.54) is 12.1 Å². The topological polar surface area (TPSA) is 64.3 Å². The van der Waals surface area contributed by atoms with Gasteiger partial charge >= 0.3 is 0 Å². The van der Waals surface area contributed by atoms with Gasteiger partial charge < -0.3 is 15.8 Å². The molecule has 0 spiro atoms. The van der Waals surface area contributed by atoms with E-state index in [1.807, 2.05) is 0 Å². The summed E-state index contributed by atoms with van der Waals surface area (Å²) < 4.78 is 18.5. The zero-order valence-electron chi connectivity index (χ0n) is 11.9. The van der Waals surface area contributed by atoms with E-state index in [9.17, 15) is 9.18 Å². The summed E-state index contributed by atoms with van der Waals surface area (Å²) in [4.78, 5) is 12.1. The van der Waals surface area contributed by atoms with Gasteiger partial charge in [0.05, 0.1) is 5.02 Å². The smallest absolute Gasteiger partial charge is 0.261 e. The van der Waals surface area contributed by atoms with Crippen molar-refractivity contribution in [3.8, 4) is 5.75 Å². The van der Waals surface area contributed by atoms with Crippen LogP contribution in [-0.4, -0.2) is 24.6 Å². The van der Waals surface area contributed by atoms with E-state index in [-0.39, 0.29) is 17.0 Å². The van der Waals surface area contributed by atoms with Gasteiger partial charge in [0.1, 0.15) is 11.6 Å². The molecule has 1 amide bonds. The van der Waals surface area contributed by atoms with Gasteiger partial charge in [0.25, 0.3) is 5.91 Å². The summed E-state index contributed by atoms with van der Waals surface area (Å²) in [6, 6.07) is 3.92. The molecule has 1 aromatic rings. The van der Waals surface area contributed by atoms with Crippen LogP contribution in [0.5, 0.6) is 5.75 Å². The van der Waals surface area contributed by atoms with E-state index in [4.69, 9.17) is 22.1 Å². The van der Waals surface area contributed by atoms with Crippen LogP contribution in [-0.2, 0) is 4.79 Å². The van der Waals surface area contributed by atoms with E-state index < -0.39 is 11.9 Å². The van der Waals surface area contributed by atoms with Crippen LogP contribution in [0.25, 0.3) is 0 Å². The Balaban J connectivity index is 1.93. The van der Waals surface area contributed by atoms with Crippen LogP contribution in [0.1, 0.15) is 26.2 Å². The van der Waals surface area contributed by atoms with E-state index in [0.29, 0.717) is 18.2 Å². The summed E-state index contributed by atoms with van der Waals surface area (Å²) in [5.74, 6) is -0.0278. The minimum atomic E-state index is -0.702. The normalized spacial score (nSPS) is 22.9. The van der Waals surface area contributed by atoms with Gasteiger partial charge in [0.2, 0.25) is 0 Å². The van der Waals surface area contributed by atoms with Gasteiger partial charge in [0, 0.05) is 6.04 Å². The highest BCUT2D eigenvalue weighted by molar-refractivity contribution is 6.32. The third-order valence-corrected chi connectivity index (χ3v) is 4.15. The fraction of sp³-hybridized carbons (Fsp3) is 0.533. The average molecular weight is 315 g/mol. The molecule has 0 radical (unpaired) electrons. The second kappa shape index (κ2) is 7.09. The molecule has 1 saturated carbocycles. The number of amides is 1. The lowest BCUT2D eigenvalue weighted by Gasteiger charge is -2.22. The van der Waals surface area contributed by atoms with Crippen molar-refractivity contribution in [3.63, 3.8) is 0 Å². The minimum Gasteiger partial charge on any atom is -0.479 e. The number of rotatable bonds is 5. The number of ether oxygens (including phenoxy) is 1. The van der Waals surface area contributed by atoms with Crippen LogP contribution in [0.4, 0.5) is 4.39 Å². The molecule has 116 valence electrons. The summed E-state index contributed by atoms with van der Waals surface area (Å²) in [5.41, 5.74) is 5.70. The van der Waals surface area contributed by atoms with Crippen molar-refractivity contribution in [2.24, 2.45) is 11.7 Å². The van der Waals surface area contributed by atoms with Gasteiger partial charge in [-0.05, 0) is 50.4 Å². The van der Waals surface area contributed by atoms with E-state index in [0.717, 1.165) is 25.3 Å². The summed E-state index contributed by atoms with van der Waals surface area (Å²) >= 11 is 5.88. The molecule has 6 heteroatoms. The molecule has 3 atom stereocenters. The number of nitrogens with two attached hydrogens (primary N) is 1. The fourth-order valence-electron chi connectivity index (χ4n) is 2.62. The Morgan fingerprint density at radius 1 is 1.57 bits per heavy atom. The first-order valence-electron chi connectivity index (χ1n) is 7.13. The molecule has 21 heavy (non-hydrogen) atoms. The number of carbonyl (C=O) groups excluding carboxylic acids is 1. The Kier molecular flexibility index (Phi) is 5.42. The monoisotopic (exact) mass is 314 g/mol. The zero-order chi connectivity index (χ0) is 15.4. The van der Waals surface area contributed by atoms with Gasteiger partial charge in [0.15, 0.2) is 6.10 Å². The Bertz CT molecular complexity index is 512. The molecule has 0 heterocycles. The molecule has 1 fully saturated rings. The number of carbonyl (C=O) groups is 1. The van der Waals surface area contributed by atoms with Crippen LogP contribution >= 0.6 is 11.6 Å². The SMILES string of the molecule is CC(Oc1ccc(F)cc1Cl)C(=O)NC1CCCC1CN. The van der Waals surface area contributed by atoms with Crippen molar-refractivity contribution in [1.82, 2.24) is 5.32 Å². The second-order valence-electron chi connectivity index (χ2n) is 5.38. The lowest BCUT2D eigenvalue weighted by molar-refractivity contribution is -0.128. The molecule has 0 aromatic heterocycles. The van der Waals surface area contributed by atoms with Crippen molar-refractivity contribution < 1.29 is 13.9 Å². The molecule has 4 nitrogen and oxygen atoms in total. The third-order valence-electron chi connectivity index (χ3n) is 3.86. The predicted octanol–water partition coefficient (Wildman–Crippen LogP) is 2.49. The molecule has 2 rings (SSSR count). The number of hydrogen-bond acceptors (Lipinski definition) is 3. The molecular formula is C15H20ClFN2O2. The largest absolute Gasteiger partial charge is 0.479 e. The molecule has 1 aliphatic rings. The maximum atomic E-state index is 13.0. The summed E-state index contributed by atoms with van der Waals surface area (Å²) in [5, 5.41) is 3.12. The molecular weight excluding hydrogens is 295 g/mol. The Labute approximate surface area is 128 Å². The van der Waals surface area contributed by atoms with Crippen molar-refractivity contribution in [1.29, 1.82) is 0 Å². The first-order valence-corrected chi connectivity index (χ1v) is 7.51. The minimum absolute atomic E-state index is 0.109. The molecule has 1 aromatic carbocycles. The van der Waals surface area contributed by atoms with Crippen LogP contribution in [0, 0.1) is 11.7 Å². The van der Waals surface area contributed by atoms with Crippen LogP contribution < -0.4 is 15.8 Å². The van der Waals surface area contributed by atoms with E-state index >= 15 is 0 Å². The first-order chi connectivity index (χ1) is 10.0. The van der Waals surface area contributed by atoms with Crippen molar-refractivity contribution in [2.75, 3.05) is 6.54 Å². The Morgan fingerprint density at radius 3 is 3.00 bits per heavy atom. The zero-order valence-corrected chi connectivity index (χ0v) is 12.7. The molecule has 1 aliphatic carbocycles. The van der Waals surface area contributed by atoms with Crippen molar-refractivity contribution in [2.45, 2.75) is 38.3 Å². The quantitative estimate of drug-likeness (QED) is 0.877. The number of hydrogen-bond donors (Lipinski definition) is 2. The summed E-state index contributed by atoms with van der Waals surface area (Å²) in [6.07, 6.45) is 2.36. The van der Waals surface area contributed by atoms with Crippen molar-refractivity contribution in [3.05, 3.63) is 29.0 Å². The number of nitrogens with one attached hydrogen (secondary N) is 1. The van der Waals surface area contributed by atoms with Crippen LogP contribution in [0.3, 0.4) is 0 Å². The predicted molar refractivity (Wildman–Crippen MR) is 79.8 cm³/mol. The van der Waals surface area contributed by atoms with Gasteiger partial charge in [-0.2, -0.15) is 0 Å². The number of benzene rings is 1. The third kappa shape index (κ3) is 4.08. The van der Waals surface area contributed by atoms with Crippen LogP contribution in [0.2, 0.25) is 5.02 Å². The maximum absolute atomic E-state index is 13.0. The molecule has 0 saturated heterocycles. The average Bonchev–Trinajstić information content (AvgIpc) is 2.89. The second-order valence-corrected chi connectivity index (χ2v) is 5.78. The summed E-state index contributed by atoms with van der Waals surface area (Å²) in [7, 11) is 0. The molecule has 0 aliphatic heterocycles. The fourth-order valence-corrected chi connectivity index (χ4v) is 2.84. The lowest BCUT2D eigenvalue weighted by Crippen LogP contribution is -2.45. The molecule has 3 unspecified atom stereocenters. The van der Waals surface area contributed by atoms with Crippen LogP contribution in [0.15, 0.2) is 18.2 Å². The van der Waals surface area contributed by atoms with Gasteiger partial charge in [-0.3, -0.25) is 4.79 Å². The van der Waals surface area contributed by atoms with Gasteiger partial charge in [-0.15, -0.1) is 0 Å².